The van der Waals surface area contributed by atoms with Gasteiger partial charge in [-0.3, -0.25) is 19.5 Å². The van der Waals surface area contributed by atoms with Crippen molar-refractivity contribution in [2.75, 3.05) is 38.2 Å². The number of hydrogen-bond donors (Lipinski definition) is 2. The number of aliphatic hydroxyl groups is 1. The van der Waals surface area contributed by atoms with Crippen LogP contribution in [0.2, 0.25) is 5.02 Å². The molecule has 3 aliphatic heterocycles. The molecule has 0 bridgehead atoms. The van der Waals surface area contributed by atoms with Crippen LogP contribution in [-0.2, 0) is 15.0 Å². The zero-order chi connectivity index (χ0) is 27.0. The van der Waals surface area contributed by atoms with Crippen molar-refractivity contribution in [2.45, 2.75) is 49.6 Å². The molecule has 3 aliphatic rings. The number of aliphatic hydroxyl groups excluding tert-OH is 1. The molecule has 6 rings (SSSR count). The Bertz CT molecular complexity index is 1390. The van der Waals surface area contributed by atoms with Crippen molar-refractivity contribution in [2.24, 2.45) is 0 Å². The van der Waals surface area contributed by atoms with Gasteiger partial charge in [-0.2, -0.15) is 0 Å². The van der Waals surface area contributed by atoms with Crippen LogP contribution in [0.5, 0.6) is 5.75 Å². The van der Waals surface area contributed by atoms with E-state index in [9.17, 15) is 14.7 Å². The maximum Gasteiger partial charge on any atom is 0.235 e. The summed E-state index contributed by atoms with van der Waals surface area (Å²) in [5.74, 6) is 0.283. The van der Waals surface area contributed by atoms with E-state index in [-0.39, 0.29) is 36.9 Å². The maximum absolute atomic E-state index is 14.3. The first-order valence-electron chi connectivity index (χ1n) is 13.7. The van der Waals surface area contributed by atoms with Gasteiger partial charge < -0.3 is 20.1 Å². The molecule has 2 aromatic carbocycles. The Kier molecular flexibility index (Phi) is 7.18. The number of nitrogens with zero attached hydrogens (tertiary/aromatic N) is 3. The number of anilines is 1. The zero-order valence-corrected chi connectivity index (χ0v) is 22.6. The number of ether oxygens (including phenoxy) is 1. The number of nitrogens with one attached hydrogen (secondary N) is 1. The summed E-state index contributed by atoms with van der Waals surface area (Å²) in [6.45, 7) is 2.65. The van der Waals surface area contributed by atoms with Crippen molar-refractivity contribution in [3.8, 4) is 5.75 Å². The summed E-state index contributed by atoms with van der Waals surface area (Å²) in [5.41, 5.74) is 0.0964. The zero-order valence-electron chi connectivity index (χ0n) is 21.8. The van der Waals surface area contributed by atoms with Gasteiger partial charge in [0, 0.05) is 65.6 Å². The van der Waals surface area contributed by atoms with Crippen molar-refractivity contribution in [1.29, 1.82) is 0 Å². The molecule has 2 saturated heterocycles. The lowest BCUT2D eigenvalue weighted by Gasteiger charge is -2.41. The molecule has 204 valence electrons. The fraction of sp³-hybridized carbons (Fsp3) is 0.433. The summed E-state index contributed by atoms with van der Waals surface area (Å²) in [5, 5.41) is 15.0. The Morgan fingerprint density at radius 2 is 2.00 bits per heavy atom. The molecule has 1 aromatic heterocycles. The molecule has 3 atom stereocenters. The second-order valence-corrected chi connectivity index (χ2v) is 11.2. The quantitative estimate of drug-likeness (QED) is 0.483. The van der Waals surface area contributed by atoms with Gasteiger partial charge in [0.25, 0.3) is 0 Å². The summed E-state index contributed by atoms with van der Waals surface area (Å²) in [6.07, 6.45) is 6.59. The van der Waals surface area contributed by atoms with Crippen molar-refractivity contribution in [3.05, 3.63) is 65.4 Å². The van der Waals surface area contributed by atoms with Gasteiger partial charge in [0.05, 0.1) is 30.5 Å². The minimum absolute atomic E-state index is 0.0248. The number of β-amino-alcohol motifs (C(OH)–C–C–N with tert-alkyl or cyclic N) is 1. The maximum atomic E-state index is 14.3. The van der Waals surface area contributed by atoms with E-state index in [1.165, 1.54) is 0 Å². The van der Waals surface area contributed by atoms with Crippen molar-refractivity contribution < 1.29 is 19.4 Å². The monoisotopic (exact) mass is 548 g/mol. The first-order chi connectivity index (χ1) is 19.0. The van der Waals surface area contributed by atoms with Gasteiger partial charge in [0.15, 0.2) is 0 Å². The largest absolute Gasteiger partial charge is 0.493 e. The second kappa shape index (κ2) is 10.8. The topological polar surface area (TPSA) is 95.0 Å². The van der Waals surface area contributed by atoms with Crippen LogP contribution in [0.3, 0.4) is 0 Å². The Morgan fingerprint density at radius 1 is 1.13 bits per heavy atom. The fourth-order valence-corrected chi connectivity index (χ4v) is 6.96. The number of pyridine rings is 1. The number of carbonyl (C=O) groups excluding carboxylic acids is 2. The average molecular weight is 549 g/mol. The Balaban J connectivity index is 1.34. The lowest BCUT2D eigenvalue weighted by molar-refractivity contribution is -0.138. The molecule has 2 fully saturated rings. The molecule has 39 heavy (non-hydrogen) atoms. The molecule has 0 aliphatic carbocycles. The predicted molar refractivity (Wildman–Crippen MR) is 150 cm³/mol. The summed E-state index contributed by atoms with van der Waals surface area (Å²) in [6, 6.07) is 13.4. The SMILES string of the molecule is O=C(CC1(C(=O)Nc2cncc3ccccc23)CCOc2ccc(Cl)cc21)N1CCC2C1CCCN2CCO. The fourth-order valence-electron chi connectivity index (χ4n) is 6.79. The highest BCUT2D eigenvalue weighted by Crippen LogP contribution is 2.45. The number of fused-ring (bicyclic) bond motifs is 3. The minimum atomic E-state index is -1.15. The van der Waals surface area contributed by atoms with E-state index in [0.29, 0.717) is 48.1 Å². The third-order valence-corrected chi connectivity index (χ3v) is 8.91. The van der Waals surface area contributed by atoms with E-state index < -0.39 is 5.41 Å². The Hall–Kier alpha value is -3.20. The van der Waals surface area contributed by atoms with E-state index in [4.69, 9.17) is 16.3 Å². The van der Waals surface area contributed by atoms with Crippen LogP contribution in [0.25, 0.3) is 10.8 Å². The van der Waals surface area contributed by atoms with Crippen LogP contribution < -0.4 is 10.1 Å². The van der Waals surface area contributed by atoms with Crippen molar-refractivity contribution in [1.82, 2.24) is 14.8 Å². The van der Waals surface area contributed by atoms with E-state index in [2.05, 4.69) is 15.2 Å². The number of aromatic nitrogens is 1. The molecular formula is C30H33ClN4O4. The van der Waals surface area contributed by atoms with Gasteiger partial charge in [0.2, 0.25) is 11.8 Å². The lowest BCUT2D eigenvalue weighted by atomic mass is 9.72. The summed E-state index contributed by atoms with van der Waals surface area (Å²) < 4.78 is 5.93. The molecule has 3 unspecified atom stereocenters. The van der Waals surface area contributed by atoms with Gasteiger partial charge in [-0.05, 0) is 44.0 Å². The van der Waals surface area contributed by atoms with Crippen LogP contribution in [-0.4, -0.2) is 76.6 Å². The second-order valence-electron chi connectivity index (χ2n) is 10.8. The van der Waals surface area contributed by atoms with Crippen LogP contribution >= 0.6 is 11.6 Å². The molecule has 0 radical (unpaired) electrons. The van der Waals surface area contributed by atoms with Crippen molar-refractivity contribution in [3.63, 3.8) is 0 Å². The van der Waals surface area contributed by atoms with Gasteiger partial charge in [-0.25, -0.2) is 0 Å². The normalized spacial score (nSPS) is 24.6. The third-order valence-electron chi connectivity index (χ3n) is 8.68. The smallest absolute Gasteiger partial charge is 0.235 e. The van der Waals surface area contributed by atoms with Gasteiger partial charge in [-0.15, -0.1) is 0 Å². The van der Waals surface area contributed by atoms with Crippen LogP contribution in [0.1, 0.15) is 37.7 Å². The number of likely N-dealkylation sites (tertiary alicyclic amines) is 2. The molecule has 4 heterocycles. The van der Waals surface area contributed by atoms with E-state index >= 15 is 0 Å². The Morgan fingerprint density at radius 3 is 2.87 bits per heavy atom. The number of piperidine rings is 1. The van der Waals surface area contributed by atoms with Crippen LogP contribution in [0.15, 0.2) is 54.9 Å². The average Bonchev–Trinajstić information content (AvgIpc) is 3.39. The number of halogens is 1. The van der Waals surface area contributed by atoms with Gasteiger partial charge >= 0.3 is 0 Å². The highest BCUT2D eigenvalue weighted by Gasteiger charge is 2.49. The molecular weight excluding hydrogens is 516 g/mol. The minimum Gasteiger partial charge on any atom is -0.493 e. The van der Waals surface area contributed by atoms with Crippen LogP contribution in [0, 0.1) is 0 Å². The third kappa shape index (κ3) is 4.75. The lowest BCUT2D eigenvalue weighted by Crippen LogP contribution is -2.53. The highest BCUT2D eigenvalue weighted by molar-refractivity contribution is 6.30. The number of amides is 2. The van der Waals surface area contributed by atoms with Crippen molar-refractivity contribution >= 4 is 39.9 Å². The Labute approximate surface area is 232 Å². The molecule has 0 saturated carbocycles. The first kappa shape index (κ1) is 26.0. The number of hydrogen-bond acceptors (Lipinski definition) is 6. The van der Waals surface area contributed by atoms with Gasteiger partial charge in [0.1, 0.15) is 5.75 Å². The van der Waals surface area contributed by atoms with Crippen LogP contribution in [0.4, 0.5) is 5.69 Å². The molecule has 3 aromatic rings. The van der Waals surface area contributed by atoms with E-state index in [1.54, 1.807) is 30.6 Å². The first-order valence-corrected chi connectivity index (χ1v) is 14.1. The number of benzene rings is 2. The van der Waals surface area contributed by atoms with E-state index in [0.717, 1.165) is 36.6 Å². The number of carbonyl (C=O) groups is 2. The molecule has 2 amide bonds. The molecule has 2 N–H and O–H groups in total. The summed E-state index contributed by atoms with van der Waals surface area (Å²) >= 11 is 6.43. The predicted octanol–water partition coefficient (Wildman–Crippen LogP) is 3.99. The molecule has 0 spiro atoms. The summed E-state index contributed by atoms with van der Waals surface area (Å²) in [4.78, 5) is 37.0. The standard InChI is InChI=1S/C30H33ClN4O4/c31-21-7-8-27-23(16-21)30(10-15-39-27,29(38)33-24-19-32-18-20-4-1-2-5-22(20)24)17-28(37)35-12-9-25-26(35)6-3-11-34(25)13-14-36/h1-2,4-5,7-8,16,18-19,25-26,36H,3,6,9-15,17H2,(H,33,38). The van der Waals surface area contributed by atoms with E-state index in [1.807, 2.05) is 29.2 Å². The van der Waals surface area contributed by atoms with Gasteiger partial charge in [-0.1, -0.05) is 35.9 Å². The summed E-state index contributed by atoms with van der Waals surface area (Å²) in [7, 11) is 0. The molecule has 9 heteroatoms. The highest BCUT2D eigenvalue weighted by atomic mass is 35.5. The number of rotatable bonds is 6. The molecule has 8 nitrogen and oxygen atoms in total.